The van der Waals surface area contributed by atoms with Crippen LogP contribution in [0.2, 0.25) is 0 Å². The minimum Gasteiger partial charge on any atom is -0.469 e. The molecule has 3 N–H and O–H groups in total. The van der Waals surface area contributed by atoms with E-state index in [9.17, 15) is 9.59 Å². The molecule has 10 heteroatoms. The second kappa shape index (κ2) is 10.8. The number of carbonyl (C=O) groups excluding carboxylic acids is 2. The monoisotopic (exact) mass is 677 g/mol. The number of ketones is 1. The van der Waals surface area contributed by atoms with Gasteiger partial charge in [0, 0.05) is 57.4 Å². The van der Waals surface area contributed by atoms with Gasteiger partial charge in [0.15, 0.2) is 29.2 Å². The van der Waals surface area contributed by atoms with Gasteiger partial charge in [-0.2, -0.15) is 0 Å². The number of aromatic nitrogens is 3. The number of amides is 1. The number of hydrogen-bond acceptors (Lipinski definition) is 8. The molecule has 1 spiro atoms. The molecule has 0 fully saturated rings. The molecule has 0 saturated heterocycles. The number of nitrogens with zero attached hydrogens (tertiary/aromatic N) is 2. The number of oxazole rings is 2. The Morgan fingerprint density at radius 2 is 1.90 bits per heavy atom. The first-order valence-corrected chi connectivity index (χ1v) is 17.6. The van der Waals surface area contributed by atoms with Gasteiger partial charge in [0.05, 0.1) is 6.20 Å². The number of nitrogens with one attached hydrogen (secondary N) is 3. The molecule has 0 aliphatic carbocycles. The number of rotatable bonds is 5. The van der Waals surface area contributed by atoms with Gasteiger partial charge in [-0.1, -0.05) is 69.3 Å². The van der Waals surface area contributed by atoms with Gasteiger partial charge in [0.25, 0.3) is 0 Å². The molecule has 4 aliphatic rings. The summed E-state index contributed by atoms with van der Waals surface area (Å²) in [5.41, 5.74) is 7.08. The van der Waals surface area contributed by atoms with Gasteiger partial charge in [-0.05, 0) is 48.1 Å². The van der Waals surface area contributed by atoms with E-state index in [-0.39, 0.29) is 24.0 Å². The Labute approximate surface area is 293 Å². The molecule has 51 heavy (non-hydrogen) atoms. The van der Waals surface area contributed by atoms with Crippen molar-refractivity contribution in [3.63, 3.8) is 0 Å². The van der Waals surface area contributed by atoms with Crippen LogP contribution in [0.5, 0.6) is 5.75 Å². The fourth-order valence-corrected chi connectivity index (χ4v) is 8.53. The summed E-state index contributed by atoms with van der Waals surface area (Å²) in [6.07, 6.45) is 7.70. The van der Waals surface area contributed by atoms with Gasteiger partial charge in [-0.3, -0.25) is 9.59 Å². The fraction of sp³-hybridized carbons (Fsp3) is 0.268. The van der Waals surface area contributed by atoms with Gasteiger partial charge >= 0.3 is 0 Å². The number of para-hydroxylation sites is 1. The molecule has 4 aliphatic heterocycles. The molecule has 0 radical (unpaired) electrons. The van der Waals surface area contributed by atoms with Gasteiger partial charge in [0.1, 0.15) is 17.2 Å². The lowest BCUT2D eigenvalue weighted by Crippen LogP contribution is -2.40. The summed E-state index contributed by atoms with van der Waals surface area (Å²) in [7, 11) is 0. The van der Waals surface area contributed by atoms with Crippen molar-refractivity contribution in [2.75, 3.05) is 5.32 Å². The van der Waals surface area contributed by atoms with Crippen LogP contribution in [0, 0.1) is 11.8 Å². The number of carbonyl (C=O) groups is 2. The lowest BCUT2D eigenvalue weighted by molar-refractivity contribution is -0.129. The lowest BCUT2D eigenvalue weighted by Gasteiger charge is -2.28. The average Bonchev–Trinajstić information content (AvgIpc) is 3.95. The molecule has 4 atom stereocenters. The van der Waals surface area contributed by atoms with Crippen LogP contribution >= 0.6 is 0 Å². The van der Waals surface area contributed by atoms with Gasteiger partial charge < -0.3 is 29.2 Å². The van der Waals surface area contributed by atoms with Crippen LogP contribution in [-0.4, -0.2) is 32.9 Å². The predicted molar refractivity (Wildman–Crippen MR) is 191 cm³/mol. The zero-order valence-corrected chi connectivity index (χ0v) is 28.4. The number of H-pyrrole nitrogens is 1. The Kier molecular flexibility index (Phi) is 6.35. The van der Waals surface area contributed by atoms with Crippen molar-refractivity contribution in [3.8, 4) is 39.8 Å². The van der Waals surface area contributed by atoms with Crippen LogP contribution in [0.3, 0.4) is 0 Å². The second-order valence-corrected chi connectivity index (χ2v) is 14.3. The topological polar surface area (TPSA) is 135 Å². The average molecular weight is 678 g/mol. The molecule has 1 amide bonds. The Morgan fingerprint density at radius 3 is 2.76 bits per heavy atom. The standard InChI is InChI=1S/C41H35N5O5/c1-4-5-8-23(47)17-22-15-21-13-14-30-28(16-21)41-27-11-6-10-25(34(27)46-40(41)50-30)24-9-7-12-29-32(24)26(18-42-29)31-19-43-38(49-31)35-36(41)51-39(45-35)33(20(2)3)44-37(22)48/h5-14,16,18-20,22,33,40,42,46H,4,15,17H2,1-3H3,(H,44,48)/b8-5+/t22?,33-,40?,41-/m0/s1. The number of hydrogen-bond donors (Lipinski definition) is 3. The summed E-state index contributed by atoms with van der Waals surface area (Å²) < 4.78 is 20.5. The highest BCUT2D eigenvalue weighted by Crippen LogP contribution is 2.61. The minimum absolute atomic E-state index is 0.0789. The Hall–Kier alpha value is -5.90. The maximum Gasteiger partial charge on any atom is 0.249 e. The summed E-state index contributed by atoms with van der Waals surface area (Å²) in [6, 6.07) is 18.0. The van der Waals surface area contributed by atoms with Gasteiger partial charge in [-0.25, -0.2) is 9.97 Å². The molecule has 2 unspecified atom stereocenters. The van der Waals surface area contributed by atoms with Crippen molar-refractivity contribution < 1.29 is 23.2 Å². The van der Waals surface area contributed by atoms with Crippen LogP contribution in [0.1, 0.15) is 68.0 Å². The van der Waals surface area contributed by atoms with E-state index < -0.39 is 23.6 Å². The van der Waals surface area contributed by atoms with E-state index in [1.807, 2.05) is 45.2 Å². The highest BCUT2D eigenvalue weighted by atomic mass is 16.5. The zero-order valence-electron chi connectivity index (χ0n) is 28.4. The third-order valence-electron chi connectivity index (χ3n) is 10.9. The van der Waals surface area contributed by atoms with Gasteiger partial charge in [0.2, 0.25) is 17.7 Å². The number of fused-ring (bicyclic) bond motifs is 7. The predicted octanol–water partition coefficient (Wildman–Crippen LogP) is 7.85. The van der Waals surface area contributed by atoms with E-state index in [0.717, 1.165) is 56.4 Å². The maximum absolute atomic E-state index is 14.1. The van der Waals surface area contributed by atoms with Crippen LogP contribution in [0.15, 0.2) is 88.0 Å². The molecule has 0 saturated carbocycles. The molecule has 10 rings (SSSR count). The summed E-state index contributed by atoms with van der Waals surface area (Å²) in [5.74, 6) is 1.44. The first-order valence-electron chi connectivity index (χ1n) is 17.6. The first kappa shape index (κ1) is 30.0. The molecule has 3 aromatic heterocycles. The van der Waals surface area contributed by atoms with Crippen molar-refractivity contribution in [1.29, 1.82) is 0 Å². The molecule has 10 nitrogen and oxygen atoms in total. The molecule has 6 aromatic rings. The van der Waals surface area contributed by atoms with Crippen molar-refractivity contribution >= 4 is 28.3 Å². The second-order valence-electron chi connectivity index (χ2n) is 14.3. The van der Waals surface area contributed by atoms with E-state index in [4.69, 9.17) is 23.5 Å². The SMILES string of the molecule is CC/C=C/C(=O)CC1Cc2ccc3c(c2)[C@]24c5cccc(c5NC2O3)-c2cccc3[nH]cc(c23)-c2cnc(o2)-c2nc(oc24)[C@H](C(C)C)NC1=O. The van der Waals surface area contributed by atoms with Crippen LogP contribution in [0.25, 0.3) is 44.9 Å². The fourth-order valence-electron chi connectivity index (χ4n) is 8.53. The molecule has 254 valence electrons. The lowest BCUT2D eigenvalue weighted by atomic mass is 9.72. The first-order chi connectivity index (χ1) is 24.8. The van der Waals surface area contributed by atoms with Crippen molar-refractivity contribution in [3.05, 3.63) is 107 Å². The van der Waals surface area contributed by atoms with Crippen molar-refractivity contribution in [2.24, 2.45) is 11.8 Å². The molecule has 7 heterocycles. The summed E-state index contributed by atoms with van der Waals surface area (Å²) in [4.78, 5) is 40.6. The Bertz CT molecular complexity index is 2470. The summed E-state index contributed by atoms with van der Waals surface area (Å²) in [5, 5.41) is 8.05. The normalized spacial score (nSPS) is 22.3. The summed E-state index contributed by atoms with van der Waals surface area (Å²) >= 11 is 0. The quantitative estimate of drug-likeness (QED) is 0.157. The molecule has 3 aromatic carbocycles. The van der Waals surface area contributed by atoms with Gasteiger partial charge in [-0.15, -0.1) is 0 Å². The highest BCUT2D eigenvalue weighted by molar-refractivity contribution is 6.07. The number of ether oxygens (including phenoxy) is 1. The van der Waals surface area contributed by atoms with Crippen LogP contribution in [-0.2, 0) is 21.4 Å². The van der Waals surface area contributed by atoms with Crippen LogP contribution < -0.4 is 15.4 Å². The molecular weight excluding hydrogens is 642 g/mol. The minimum atomic E-state index is -1.00. The van der Waals surface area contributed by atoms with E-state index in [0.29, 0.717) is 41.2 Å². The number of benzene rings is 3. The van der Waals surface area contributed by atoms with E-state index >= 15 is 0 Å². The zero-order chi connectivity index (χ0) is 34.6. The number of allylic oxidation sites excluding steroid dienone is 2. The number of aromatic amines is 1. The third-order valence-corrected chi connectivity index (χ3v) is 10.9. The smallest absolute Gasteiger partial charge is 0.249 e. The highest BCUT2D eigenvalue weighted by Gasteiger charge is 2.61. The van der Waals surface area contributed by atoms with Crippen molar-refractivity contribution in [2.45, 2.75) is 57.7 Å². The molecule has 10 bridgehead atoms. The molecular formula is C41H35N5O5. The van der Waals surface area contributed by atoms with E-state index in [1.54, 1.807) is 12.3 Å². The van der Waals surface area contributed by atoms with E-state index in [1.165, 1.54) is 0 Å². The Morgan fingerprint density at radius 1 is 1.04 bits per heavy atom. The van der Waals surface area contributed by atoms with Crippen molar-refractivity contribution in [1.82, 2.24) is 20.3 Å². The van der Waals surface area contributed by atoms with Crippen LogP contribution in [0.4, 0.5) is 5.69 Å². The summed E-state index contributed by atoms with van der Waals surface area (Å²) in [6.45, 7) is 6.02. The number of anilines is 1. The largest absolute Gasteiger partial charge is 0.469 e. The third kappa shape index (κ3) is 4.16. The van der Waals surface area contributed by atoms with E-state index in [2.05, 4.69) is 58.1 Å². The Balaban J connectivity index is 1.29. The maximum atomic E-state index is 14.1.